The zero-order chi connectivity index (χ0) is 16.1. The summed E-state index contributed by atoms with van der Waals surface area (Å²) >= 11 is 0. The van der Waals surface area contributed by atoms with Crippen molar-refractivity contribution in [2.75, 3.05) is 39.1 Å². The van der Waals surface area contributed by atoms with Crippen LogP contribution in [0.2, 0.25) is 0 Å². The molecule has 3 rings (SSSR count). The average Bonchev–Trinajstić information content (AvgIpc) is 3.36. The maximum Gasteiger partial charge on any atom is 0.119 e. The number of benzene rings is 2. The van der Waals surface area contributed by atoms with Crippen molar-refractivity contribution in [2.24, 2.45) is 0 Å². The van der Waals surface area contributed by atoms with Crippen LogP contribution in [-0.4, -0.2) is 38.7 Å². The van der Waals surface area contributed by atoms with Gasteiger partial charge in [0, 0.05) is 24.2 Å². The van der Waals surface area contributed by atoms with Crippen molar-refractivity contribution >= 4 is 5.69 Å². The molecule has 0 amide bonds. The van der Waals surface area contributed by atoms with Gasteiger partial charge in [0.1, 0.15) is 12.4 Å². The maximum atomic E-state index is 5.73. The molecule has 1 aliphatic rings. The van der Waals surface area contributed by atoms with Crippen molar-refractivity contribution < 1.29 is 4.74 Å². The van der Waals surface area contributed by atoms with Crippen molar-refractivity contribution in [3.8, 4) is 5.75 Å². The van der Waals surface area contributed by atoms with Crippen LogP contribution in [-0.2, 0) is 5.41 Å². The van der Waals surface area contributed by atoms with Gasteiger partial charge in [-0.25, -0.2) is 0 Å². The monoisotopic (exact) mass is 310 g/mol. The summed E-state index contributed by atoms with van der Waals surface area (Å²) in [5, 5.41) is 3.58. The average molecular weight is 310 g/mol. The molecule has 1 N–H and O–H groups in total. The third-order valence-electron chi connectivity index (χ3n) is 4.53. The van der Waals surface area contributed by atoms with Gasteiger partial charge < -0.3 is 15.0 Å². The number of hydrogen-bond acceptors (Lipinski definition) is 3. The SMILES string of the molecule is CN(C)CCOc1ccc(NCC2(c3ccccc3)CC2)cc1. The summed E-state index contributed by atoms with van der Waals surface area (Å²) in [7, 11) is 4.10. The Kier molecular flexibility index (Phi) is 4.87. The fourth-order valence-corrected chi connectivity index (χ4v) is 2.80. The number of nitrogens with one attached hydrogen (secondary N) is 1. The van der Waals surface area contributed by atoms with Gasteiger partial charge in [-0.15, -0.1) is 0 Å². The molecule has 1 saturated carbocycles. The van der Waals surface area contributed by atoms with Gasteiger partial charge in [0.25, 0.3) is 0 Å². The van der Waals surface area contributed by atoms with Gasteiger partial charge in [0.15, 0.2) is 0 Å². The Balaban J connectivity index is 1.51. The Bertz CT molecular complexity index is 603. The van der Waals surface area contributed by atoms with E-state index in [-0.39, 0.29) is 0 Å². The van der Waals surface area contributed by atoms with E-state index in [9.17, 15) is 0 Å². The molecule has 3 heteroatoms. The summed E-state index contributed by atoms with van der Waals surface area (Å²) in [5.41, 5.74) is 2.95. The molecule has 0 aliphatic heterocycles. The van der Waals surface area contributed by atoms with Gasteiger partial charge in [-0.2, -0.15) is 0 Å². The molecule has 1 fully saturated rings. The highest BCUT2D eigenvalue weighted by atomic mass is 16.5. The molecule has 2 aromatic rings. The van der Waals surface area contributed by atoms with Crippen LogP contribution in [0.1, 0.15) is 18.4 Å². The van der Waals surface area contributed by atoms with E-state index in [1.54, 1.807) is 0 Å². The van der Waals surface area contributed by atoms with Crippen LogP contribution in [0.3, 0.4) is 0 Å². The minimum atomic E-state index is 0.335. The molecular formula is C20H26N2O. The second-order valence-corrected chi connectivity index (χ2v) is 6.68. The number of nitrogens with zero attached hydrogens (tertiary/aromatic N) is 1. The third kappa shape index (κ3) is 4.26. The fraction of sp³-hybridized carbons (Fsp3) is 0.400. The highest BCUT2D eigenvalue weighted by Crippen LogP contribution is 2.48. The Morgan fingerprint density at radius 3 is 2.30 bits per heavy atom. The molecule has 0 bridgehead atoms. The first kappa shape index (κ1) is 15.9. The molecule has 23 heavy (non-hydrogen) atoms. The molecule has 3 nitrogen and oxygen atoms in total. The predicted octanol–water partition coefficient (Wildman–Crippen LogP) is 3.77. The Morgan fingerprint density at radius 1 is 1.00 bits per heavy atom. The molecule has 0 unspecified atom stereocenters. The topological polar surface area (TPSA) is 24.5 Å². The molecule has 0 atom stereocenters. The first-order valence-corrected chi connectivity index (χ1v) is 8.35. The molecular weight excluding hydrogens is 284 g/mol. The molecule has 2 aromatic carbocycles. The third-order valence-corrected chi connectivity index (χ3v) is 4.53. The lowest BCUT2D eigenvalue weighted by Crippen LogP contribution is -2.20. The highest BCUT2D eigenvalue weighted by molar-refractivity contribution is 5.48. The van der Waals surface area contributed by atoms with Crippen molar-refractivity contribution in [1.29, 1.82) is 0 Å². The second kappa shape index (κ2) is 7.05. The quantitative estimate of drug-likeness (QED) is 0.803. The number of hydrogen-bond donors (Lipinski definition) is 1. The van der Waals surface area contributed by atoms with Crippen molar-refractivity contribution in [2.45, 2.75) is 18.3 Å². The van der Waals surface area contributed by atoms with Crippen molar-refractivity contribution in [3.63, 3.8) is 0 Å². The number of ether oxygens (including phenoxy) is 1. The molecule has 0 radical (unpaired) electrons. The largest absolute Gasteiger partial charge is 0.492 e. The van der Waals surface area contributed by atoms with Crippen molar-refractivity contribution in [3.05, 3.63) is 60.2 Å². The molecule has 0 aromatic heterocycles. The van der Waals surface area contributed by atoms with E-state index in [4.69, 9.17) is 4.74 Å². The number of anilines is 1. The van der Waals surface area contributed by atoms with Gasteiger partial charge in [-0.1, -0.05) is 30.3 Å². The van der Waals surface area contributed by atoms with E-state index < -0.39 is 0 Å². The van der Waals surface area contributed by atoms with Crippen molar-refractivity contribution in [1.82, 2.24) is 4.90 Å². The van der Waals surface area contributed by atoms with Gasteiger partial charge in [0.2, 0.25) is 0 Å². The summed E-state index contributed by atoms with van der Waals surface area (Å²) in [6.45, 7) is 2.65. The summed E-state index contributed by atoms with van der Waals surface area (Å²) in [6.07, 6.45) is 2.55. The van der Waals surface area contributed by atoms with Gasteiger partial charge in [-0.05, 0) is 56.8 Å². The van der Waals surface area contributed by atoms with Crippen LogP contribution in [0.5, 0.6) is 5.75 Å². The first-order chi connectivity index (χ1) is 11.2. The van der Waals surface area contributed by atoms with Crippen LogP contribution >= 0.6 is 0 Å². The summed E-state index contributed by atoms with van der Waals surface area (Å²) in [6, 6.07) is 19.1. The molecule has 0 heterocycles. The standard InChI is InChI=1S/C20H26N2O/c1-22(2)14-15-23-19-10-8-18(9-11-19)21-16-20(12-13-20)17-6-4-3-5-7-17/h3-11,21H,12-16H2,1-2H3. The zero-order valence-electron chi connectivity index (χ0n) is 14.1. The van der Waals surface area contributed by atoms with E-state index in [0.29, 0.717) is 5.41 Å². The summed E-state index contributed by atoms with van der Waals surface area (Å²) in [5.74, 6) is 0.932. The Labute approximate surface area is 139 Å². The smallest absolute Gasteiger partial charge is 0.119 e. The molecule has 1 aliphatic carbocycles. The Hall–Kier alpha value is -2.00. The normalized spacial score (nSPS) is 15.4. The summed E-state index contributed by atoms with van der Waals surface area (Å²) in [4.78, 5) is 2.12. The van der Waals surface area contributed by atoms with Crippen LogP contribution in [0.25, 0.3) is 0 Å². The van der Waals surface area contributed by atoms with E-state index in [2.05, 4.69) is 66.8 Å². The van der Waals surface area contributed by atoms with E-state index in [0.717, 1.165) is 31.1 Å². The second-order valence-electron chi connectivity index (χ2n) is 6.68. The minimum Gasteiger partial charge on any atom is -0.492 e. The lowest BCUT2D eigenvalue weighted by atomic mass is 9.96. The minimum absolute atomic E-state index is 0.335. The fourth-order valence-electron chi connectivity index (χ4n) is 2.80. The van der Waals surface area contributed by atoms with Gasteiger partial charge in [-0.3, -0.25) is 0 Å². The Morgan fingerprint density at radius 2 is 1.70 bits per heavy atom. The number of likely N-dealkylation sites (N-methyl/N-ethyl adjacent to an activating group) is 1. The summed E-state index contributed by atoms with van der Waals surface area (Å²) < 4.78 is 5.73. The first-order valence-electron chi connectivity index (χ1n) is 8.35. The lowest BCUT2D eigenvalue weighted by Gasteiger charge is -2.17. The van der Waals surface area contributed by atoms with E-state index >= 15 is 0 Å². The highest BCUT2D eigenvalue weighted by Gasteiger charge is 2.43. The van der Waals surface area contributed by atoms with Gasteiger partial charge in [0.05, 0.1) is 0 Å². The van der Waals surface area contributed by atoms with Crippen LogP contribution in [0, 0.1) is 0 Å². The molecule has 122 valence electrons. The predicted molar refractivity (Wildman–Crippen MR) is 96.3 cm³/mol. The number of rotatable bonds is 8. The van der Waals surface area contributed by atoms with Crippen LogP contribution in [0.4, 0.5) is 5.69 Å². The molecule has 0 saturated heterocycles. The molecule has 0 spiro atoms. The van der Waals surface area contributed by atoms with E-state index in [1.807, 2.05) is 12.1 Å². The van der Waals surface area contributed by atoms with Gasteiger partial charge >= 0.3 is 0 Å². The van der Waals surface area contributed by atoms with Crippen LogP contribution < -0.4 is 10.1 Å². The van der Waals surface area contributed by atoms with E-state index in [1.165, 1.54) is 18.4 Å². The zero-order valence-corrected chi connectivity index (χ0v) is 14.1. The van der Waals surface area contributed by atoms with Crippen LogP contribution in [0.15, 0.2) is 54.6 Å². The maximum absolute atomic E-state index is 5.73. The lowest BCUT2D eigenvalue weighted by molar-refractivity contribution is 0.261.